The minimum Gasteiger partial charge on any atom is -0.228 e. The Morgan fingerprint density at radius 2 is 0.755 bits per heavy atom. The molecule has 1 aromatic heterocycles. The Bertz CT molecular complexity index is 2310. The van der Waals surface area contributed by atoms with E-state index in [1.54, 1.807) is 0 Å². The molecular formula is C47H32N2. The summed E-state index contributed by atoms with van der Waals surface area (Å²) in [5.41, 5.74) is 14.1. The number of fused-ring (bicyclic) bond motifs is 3. The fourth-order valence-corrected chi connectivity index (χ4v) is 7.61. The van der Waals surface area contributed by atoms with Crippen LogP contribution in [0.25, 0.3) is 56.2 Å². The van der Waals surface area contributed by atoms with Crippen LogP contribution in [-0.2, 0) is 5.41 Å². The number of aromatic nitrogens is 2. The number of benzene rings is 7. The fraction of sp³-hybridized carbons (Fsp3) is 0.0213. The van der Waals surface area contributed by atoms with Crippen LogP contribution in [0.2, 0.25) is 0 Å². The maximum Gasteiger partial charge on any atom is 0.161 e. The zero-order valence-electron chi connectivity index (χ0n) is 26.9. The summed E-state index contributed by atoms with van der Waals surface area (Å²) >= 11 is 0. The molecule has 8 aromatic rings. The van der Waals surface area contributed by atoms with Gasteiger partial charge in [-0.1, -0.05) is 176 Å². The molecule has 49 heavy (non-hydrogen) atoms. The summed E-state index contributed by atoms with van der Waals surface area (Å²) in [7, 11) is 0. The van der Waals surface area contributed by atoms with E-state index in [9.17, 15) is 0 Å². The van der Waals surface area contributed by atoms with Crippen molar-refractivity contribution < 1.29 is 0 Å². The molecule has 2 heteroatoms. The van der Waals surface area contributed by atoms with Crippen molar-refractivity contribution in [2.24, 2.45) is 0 Å². The molecule has 0 saturated carbocycles. The first-order valence-corrected chi connectivity index (χ1v) is 16.8. The topological polar surface area (TPSA) is 25.8 Å². The highest BCUT2D eigenvalue weighted by Gasteiger charge is 2.46. The molecule has 0 radical (unpaired) electrons. The molecule has 7 aromatic carbocycles. The van der Waals surface area contributed by atoms with Crippen LogP contribution in [0.15, 0.2) is 194 Å². The highest BCUT2D eigenvalue weighted by Crippen LogP contribution is 2.57. The van der Waals surface area contributed by atoms with Gasteiger partial charge in [0.25, 0.3) is 0 Å². The Labute approximate surface area is 287 Å². The van der Waals surface area contributed by atoms with Crippen LogP contribution in [-0.4, -0.2) is 9.97 Å². The van der Waals surface area contributed by atoms with Gasteiger partial charge >= 0.3 is 0 Å². The van der Waals surface area contributed by atoms with Crippen LogP contribution in [0.4, 0.5) is 0 Å². The Kier molecular flexibility index (Phi) is 7.06. The highest BCUT2D eigenvalue weighted by molar-refractivity contribution is 5.94. The largest absolute Gasteiger partial charge is 0.228 e. The van der Waals surface area contributed by atoms with Gasteiger partial charge in [-0.3, -0.25) is 0 Å². The van der Waals surface area contributed by atoms with Crippen LogP contribution in [0, 0.1) is 0 Å². The van der Waals surface area contributed by atoms with E-state index >= 15 is 0 Å². The van der Waals surface area contributed by atoms with E-state index in [1.165, 1.54) is 33.4 Å². The SMILES string of the molecule is c1ccc(-c2cc(-c3ccccc3)nc(-c3cc4c(cc3-c3ccccc3)C(c3ccccc3)(c3ccccc3)c3ccccc3-4)n2)cc1. The van der Waals surface area contributed by atoms with Crippen LogP contribution in [0.1, 0.15) is 22.3 Å². The molecule has 0 saturated heterocycles. The van der Waals surface area contributed by atoms with Crippen LogP contribution in [0.3, 0.4) is 0 Å². The van der Waals surface area contributed by atoms with Crippen molar-refractivity contribution >= 4 is 0 Å². The summed E-state index contributed by atoms with van der Waals surface area (Å²) in [6.07, 6.45) is 0. The summed E-state index contributed by atoms with van der Waals surface area (Å²) < 4.78 is 0. The van der Waals surface area contributed by atoms with Crippen molar-refractivity contribution in [1.82, 2.24) is 9.97 Å². The second kappa shape index (κ2) is 12.0. The summed E-state index contributed by atoms with van der Waals surface area (Å²) in [6.45, 7) is 0. The zero-order chi connectivity index (χ0) is 32.6. The van der Waals surface area contributed by atoms with Crippen molar-refractivity contribution in [1.29, 1.82) is 0 Å². The van der Waals surface area contributed by atoms with E-state index < -0.39 is 5.41 Å². The first-order valence-electron chi connectivity index (χ1n) is 16.8. The van der Waals surface area contributed by atoms with Gasteiger partial charge in [-0.25, -0.2) is 9.97 Å². The third kappa shape index (κ3) is 4.80. The lowest BCUT2D eigenvalue weighted by Gasteiger charge is -2.34. The summed E-state index contributed by atoms with van der Waals surface area (Å²) in [5.74, 6) is 0.705. The number of hydrogen-bond donors (Lipinski definition) is 0. The van der Waals surface area contributed by atoms with Crippen molar-refractivity contribution in [3.63, 3.8) is 0 Å². The smallest absolute Gasteiger partial charge is 0.161 e. The molecule has 1 aliphatic carbocycles. The lowest BCUT2D eigenvalue weighted by Crippen LogP contribution is -2.28. The molecule has 0 aliphatic heterocycles. The third-order valence-electron chi connectivity index (χ3n) is 9.79. The molecule has 1 aliphatic rings. The number of hydrogen-bond acceptors (Lipinski definition) is 2. The van der Waals surface area contributed by atoms with Gasteiger partial charge in [-0.15, -0.1) is 0 Å². The Balaban J connectivity index is 1.39. The van der Waals surface area contributed by atoms with Gasteiger partial charge in [-0.05, 0) is 62.7 Å². The molecule has 230 valence electrons. The Hall–Kier alpha value is -6.38. The Morgan fingerprint density at radius 3 is 1.29 bits per heavy atom. The molecule has 1 heterocycles. The predicted molar refractivity (Wildman–Crippen MR) is 201 cm³/mol. The van der Waals surface area contributed by atoms with Crippen LogP contribution < -0.4 is 0 Å². The van der Waals surface area contributed by atoms with Gasteiger partial charge in [0, 0.05) is 16.7 Å². The lowest BCUT2D eigenvalue weighted by molar-refractivity contribution is 0.769. The van der Waals surface area contributed by atoms with Gasteiger partial charge < -0.3 is 0 Å². The summed E-state index contributed by atoms with van der Waals surface area (Å²) in [4.78, 5) is 10.6. The van der Waals surface area contributed by atoms with Crippen molar-refractivity contribution in [2.75, 3.05) is 0 Å². The average molecular weight is 625 g/mol. The Morgan fingerprint density at radius 1 is 0.306 bits per heavy atom. The van der Waals surface area contributed by atoms with E-state index in [-0.39, 0.29) is 0 Å². The van der Waals surface area contributed by atoms with Gasteiger partial charge in [0.15, 0.2) is 5.82 Å². The van der Waals surface area contributed by atoms with Gasteiger partial charge in [0.05, 0.1) is 16.8 Å². The van der Waals surface area contributed by atoms with Crippen molar-refractivity contribution in [2.45, 2.75) is 5.41 Å². The van der Waals surface area contributed by atoms with Crippen molar-refractivity contribution in [3.05, 3.63) is 216 Å². The minimum atomic E-state index is -0.502. The van der Waals surface area contributed by atoms with E-state index in [0.717, 1.165) is 39.2 Å². The van der Waals surface area contributed by atoms with Crippen molar-refractivity contribution in [3.8, 4) is 56.2 Å². The monoisotopic (exact) mass is 624 g/mol. The van der Waals surface area contributed by atoms with E-state index in [2.05, 4.69) is 182 Å². The molecule has 9 rings (SSSR count). The third-order valence-corrected chi connectivity index (χ3v) is 9.79. The highest BCUT2D eigenvalue weighted by atomic mass is 14.9. The molecule has 2 nitrogen and oxygen atoms in total. The molecular weight excluding hydrogens is 593 g/mol. The summed E-state index contributed by atoms with van der Waals surface area (Å²) in [6, 6.07) is 69.2. The van der Waals surface area contributed by atoms with Crippen LogP contribution >= 0.6 is 0 Å². The second-order valence-electron chi connectivity index (χ2n) is 12.5. The van der Waals surface area contributed by atoms with Crippen LogP contribution in [0.5, 0.6) is 0 Å². The van der Waals surface area contributed by atoms with E-state index in [4.69, 9.17) is 9.97 Å². The fourth-order valence-electron chi connectivity index (χ4n) is 7.61. The van der Waals surface area contributed by atoms with E-state index in [1.807, 2.05) is 12.1 Å². The maximum atomic E-state index is 5.31. The molecule has 0 N–H and O–H groups in total. The first kappa shape index (κ1) is 28.8. The number of nitrogens with zero attached hydrogens (tertiary/aromatic N) is 2. The summed E-state index contributed by atoms with van der Waals surface area (Å²) in [5, 5.41) is 0. The van der Waals surface area contributed by atoms with Gasteiger partial charge in [0.1, 0.15) is 0 Å². The average Bonchev–Trinajstić information content (AvgIpc) is 3.49. The van der Waals surface area contributed by atoms with E-state index in [0.29, 0.717) is 5.82 Å². The van der Waals surface area contributed by atoms with Gasteiger partial charge in [-0.2, -0.15) is 0 Å². The molecule has 0 amide bonds. The van der Waals surface area contributed by atoms with Gasteiger partial charge in [0.2, 0.25) is 0 Å². The number of rotatable bonds is 6. The molecule has 0 bridgehead atoms. The lowest BCUT2D eigenvalue weighted by atomic mass is 9.67. The molecule has 0 atom stereocenters. The molecule has 0 fully saturated rings. The molecule has 0 unspecified atom stereocenters. The standard InChI is InChI=1S/C47H32N2/c1-6-18-33(19-7-1)39-31-43-40(38-28-16-17-29-42(38)47(43,36-24-12-4-13-25-36)37-26-14-5-15-27-37)30-41(39)46-48-44(34-20-8-2-9-21-34)32-45(49-46)35-22-10-3-11-23-35/h1-32H. The quantitative estimate of drug-likeness (QED) is 0.184. The second-order valence-corrected chi connectivity index (χ2v) is 12.5. The molecule has 0 spiro atoms. The first-order chi connectivity index (χ1) is 24.3. The maximum absolute atomic E-state index is 5.31. The normalized spacial score (nSPS) is 12.7. The minimum absolute atomic E-state index is 0.502. The zero-order valence-corrected chi connectivity index (χ0v) is 26.9. The predicted octanol–water partition coefficient (Wildman–Crippen LogP) is 11.5.